The number of carbonyl (C=O) groups is 1. The van der Waals surface area contributed by atoms with Crippen LogP contribution in [0.4, 0.5) is 5.69 Å². The standard InChI is InChI=1S/C12H11N7O2/c1-21-11(20)10-9(13)7-18(15-10)12-14-16-17-19(12)8-5-3-2-4-6-8/h2-7H,13H2,1H3. The molecule has 9 heteroatoms. The molecule has 106 valence electrons. The number of benzene rings is 1. The Labute approximate surface area is 118 Å². The Morgan fingerprint density at radius 1 is 1.29 bits per heavy atom. The number of carbonyl (C=O) groups excluding carboxylic acids is 1. The summed E-state index contributed by atoms with van der Waals surface area (Å²) in [6.45, 7) is 0. The van der Waals surface area contributed by atoms with Gasteiger partial charge in [-0.05, 0) is 22.6 Å². The van der Waals surface area contributed by atoms with E-state index in [0.29, 0.717) is 5.95 Å². The first kappa shape index (κ1) is 12.8. The molecule has 21 heavy (non-hydrogen) atoms. The quantitative estimate of drug-likeness (QED) is 0.684. The average molecular weight is 285 g/mol. The maximum Gasteiger partial charge on any atom is 0.360 e. The highest BCUT2D eigenvalue weighted by Gasteiger charge is 2.19. The summed E-state index contributed by atoms with van der Waals surface area (Å²) in [4.78, 5) is 11.5. The van der Waals surface area contributed by atoms with Crippen LogP contribution in [-0.4, -0.2) is 43.1 Å². The van der Waals surface area contributed by atoms with E-state index in [2.05, 4.69) is 25.4 Å². The highest BCUT2D eigenvalue weighted by atomic mass is 16.5. The molecule has 2 aromatic heterocycles. The number of esters is 1. The van der Waals surface area contributed by atoms with E-state index in [1.165, 1.54) is 22.7 Å². The van der Waals surface area contributed by atoms with Gasteiger partial charge in [0.2, 0.25) is 0 Å². The summed E-state index contributed by atoms with van der Waals surface area (Å²) in [6, 6.07) is 9.28. The molecule has 0 saturated heterocycles. The smallest absolute Gasteiger partial charge is 0.360 e. The Kier molecular flexibility index (Phi) is 3.07. The average Bonchev–Trinajstić information content (AvgIpc) is 3.13. The van der Waals surface area contributed by atoms with Gasteiger partial charge in [-0.2, -0.15) is 9.78 Å². The number of nitrogens with zero attached hydrogens (tertiary/aromatic N) is 6. The van der Waals surface area contributed by atoms with Crippen molar-refractivity contribution in [2.45, 2.75) is 0 Å². The Morgan fingerprint density at radius 3 is 2.76 bits per heavy atom. The molecule has 0 spiro atoms. The van der Waals surface area contributed by atoms with Crippen molar-refractivity contribution in [3.05, 3.63) is 42.2 Å². The van der Waals surface area contributed by atoms with E-state index in [1.54, 1.807) is 0 Å². The van der Waals surface area contributed by atoms with Crippen molar-refractivity contribution in [3.8, 4) is 11.6 Å². The lowest BCUT2D eigenvalue weighted by Crippen LogP contribution is -2.09. The first-order valence-corrected chi connectivity index (χ1v) is 5.98. The Bertz CT molecular complexity index is 778. The van der Waals surface area contributed by atoms with Crippen LogP contribution < -0.4 is 5.73 Å². The number of ether oxygens (including phenoxy) is 1. The Balaban J connectivity index is 2.07. The van der Waals surface area contributed by atoms with E-state index in [4.69, 9.17) is 5.73 Å². The molecule has 2 N–H and O–H groups in total. The van der Waals surface area contributed by atoms with Crippen LogP contribution >= 0.6 is 0 Å². The summed E-state index contributed by atoms with van der Waals surface area (Å²) in [7, 11) is 1.26. The zero-order chi connectivity index (χ0) is 14.8. The molecule has 9 nitrogen and oxygen atoms in total. The zero-order valence-corrected chi connectivity index (χ0v) is 11.0. The number of nitrogens with two attached hydrogens (primary N) is 1. The van der Waals surface area contributed by atoms with Crippen LogP contribution in [0.3, 0.4) is 0 Å². The number of aromatic nitrogens is 6. The Hall–Kier alpha value is -3.23. The first-order chi connectivity index (χ1) is 10.2. The molecule has 0 aliphatic rings. The van der Waals surface area contributed by atoms with Crippen LogP contribution in [0.2, 0.25) is 0 Å². The maximum atomic E-state index is 11.5. The van der Waals surface area contributed by atoms with Crippen LogP contribution in [0.15, 0.2) is 36.5 Å². The Morgan fingerprint density at radius 2 is 2.05 bits per heavy atom. The number of hydrogen-bond acceptors (Lipinski definition) is 7. The van der Waals surface area contributed by atoms with Crippen molar-refractivity contribution in [2.75, 3.05) is 12.8 Å². The number of nitrogen functional groups attached to an aromatic ring is 1. The molecule has 0 saturated carbocycles. The summed E-state index contributed by atoms with van der Waals surface area (Å²) in [5.74, 6) is -0.312. The monoisotopic (exact) mass is 285 g/mol. The molecule has 0 bridgehead atoms. The molecule has 0 unspecified atom stereocenters. The topological polar surface area (TPSA) is 114 Å². The minimum absolute atomic E-state index is 0.0140. The van der Waals surface area contributed by atoms with E-state index in [9.17, 15) is 4.79 Å². The maximum absolute atomic E-state index is 11.5. The third kappa shape index (κ3) is 2.20. The first-order valence-electron chi connectivity index (χ1n) is 5.98. The van der Waals surface area contributed by atoms with Crippen LogP contribution in [0.1, 0.15) is 10.5 Å². The van der Waals surface area contributed by atoms with Gasteiger partial charge in [0.15, 0.2) is 5.69 Å². The van der Waals surface area contributed by atoms with Crippen molar-refractivity contribution >= 4 is 11.7 Å². The number of methoxy groups -OCH3 is 1. The van der Waals surface area contributed by atoms with E-state index in [-0.39, 0.29) is 11.4 Å². The van der Waals surface area contributed by atoms with Crippen molar-refractivity contribution in [1.29, 1.82) is 0 Å². The zero-order valence-electron chi connectivity index (χ0n) is 11.0. The lowest BCUT2D eigenvalue weighted by atomic mass is 10.3. The molecule has 3 rings (SSSR count). The molecule has 0 aliphatic heterocycles. The van der Waals surface area contributed by atoms with Gasteiger partial charge in [-0.3, -0.25) is 0 Å². The largest absolute Gasteiger partial charge is 0.464 e. The van der Waals surface area contributed by atoms with Gasteiger partial charge in [0.05, 0.1) is 24.7 Å². The summed E-state index contributed by atoms with van der Waals surface area (Å²) in [6.07, 6.45) is 1.46. The molecule has 0 radical (unpaired) electrons. The minimum Gasteiger partial charge on any atom is -0.464 e. The normalized spacial score (nSPS) is 10.5. The van der Waals surface area contributed by atoms with Gasteiger partial charge in [0, 0.05) is 0 Å². The second-order valence-corrected chi connectivity index (χ2v) is 4.10. The van der Waals surface area contributed by atoms with Gasteiger partial charge in [-0.15, -0.1) is 0 Å². The van der Waals surface area contributed by atoms with E-state index >= 15 is 0 Å². The number of hydrogen-bond donors (Lipinski definition) is 1. The third-order valence-corrected chi connectivity index (χ3v) is 2.78. The number of para-hydroxylation sites is 1. The van der Waals surface area contributed by atoms with Gasteiger partial charge >= 0.3 is 5.97 Å². The number of anilines is 1. The molecule has 2 heterocycles. The molecule has 0 atom stereocenters. The molecule has 1 aromatic carbocycles. The van der Waals surface area contributed by atoms with Crippen molar-refractivity contribution in [3.63, 3.8) is 0 Å². The predicted octanol–water partition coefficient (Wildman–Crippen LogP) is 0.217. The molecule has 0 amide bonds. The van der Waals surface area contributed by atoms with Crippen molar-refractivity contribution < 1.29 is 9.53 Å². The van der Waals surface area contributed by atoms with Crippen LogP contribution in [0.5, 0.6) is 0 Å². The third-order valence-electron chi connectivity index (χ3n) is 2.78. The summed E-state index contributed by atoms with van der Waals surface area (Å²) < 4.78 is 7.42. The number of rotatable bonds is 3. The van der Waals surface area contributed by atoms with E-state index in [0.717, 1.165) is 5.69 Å². The van der Waals surface area contributed by atoms with Crippen molar-refractivity contribution in [2.24, 2.45) is 0 Å². The summed E-state index contributed by atoms with van der Waals surface area (Å²) in [5, 5.41) is 15.5. The van der Waals surface area contributed by atoms with E-state index in [1.807, 2.05) is 30.3 Å². The van der Waals surface area contributed by atoms with Crippen LogP contribution in [0.25, 0.3) is 11.6 Å². The van der Waals surface area contributed by atoms with Gasteiger partial charge in [0.25, 0.3) is 5.95 Å². The fraction of sp³-hybridized carbons (Fsp3) is 0.0833. The second kappa shape index (κ2) is 5.04. The fourth-order valence-corrected chi connectivity index (χ4v) is 1.81. The highest BCUT2D eigenvalue weighted by Crippen LogP contribution is 2.15. The summed E-state index contributed by atoms with van der Waals surface area (Å²) in [5.41, 5.74) is 6.71. The van der Waals surface area contributed by atoms with Crippen LogP contribution in [0, 0.1) is 0 Å². The fourth-order valence-electron chi connectivity index (χ4n) is 1.81. The van der Waals surface area contributed by atoms with Crippen molar-refractivity contribution in [1.82, 2.24) is 30.0 Å². The van der Waals surface area contributed by atoms with Gasteiger partial charge in [0.1, 0.15) is 0 Å². The molecule has 0 fully saturated rings. The number of tetrazole rings is 1. The van der Waals surface area contributed by atoms with Gasteiger partial charge < -0.3 is 10.5 Å². The molecule has 3 aromatic rings. The van der Waals surface area contributed by atoms with Gasteiger partial charge in [-0.25, -0.2) is 9.48 Å². The highest BCUT2D eigenvalue weighted by molar-refractivity contribution is 5.92. The second-order valence-electron chi connectivity index (χ2n) is 4.10. The predicted molar refractivity (Wildman–Crippen MR) is 72.0 cm³/mol. The summed E-state index contributed by atoms with van der Waals surface area (Å²) >= 11 is 0. The lowest BCUT2D eigenvalue weighted by molar-refractivity contribution is 0.0594. The molecular formula is C12H11N7O2. The minimum atomic E-state index is -0.620. The lowest BCUT2D eigenvalue weighted by Gasteiger charge is -2.03. The molecule has 0 aliphatic carbocycles. The van der Waals surface area contributed by atoms with E-state index < -0.39 is 5.97 Å². The molecular weight excluding hydrogens is 274 g/mol. The van der Waals surface area contributed by atoms with Gasteiger partial charge in [-0.1, -0.05) is 23.3 Å². The SMILES string of the molecule is COC(=O)c1nn(-c2nnnn2-c2ccccc2)cc1N. The van der Waals surface area contributed by atoms with Crippen LogP contribution in [-0.2, 0) is 4.74 Å².